The Morgan fingerprint density at radius 2 is 1.85 bits per heavy atom. The van der Waals surface area contributed by atoms with Gasteiger partial charge in [0.2, 0.25) is 0 Å². The molecule has 1 N–H and O–H groups in total. The van der Waals surface area contributed by atoms with Gasteiger partial charge in [-0.25, -0.2) is 13.2 Å². The average Bonchev–Trinajstić information content (AvgIpc) is 3.15. The molecule has 2 aromatic rings. The lowest BCUT2D eigenvalue weighted by molar-refractivity contribution is 0.222. The molecule has 1 saturated heterocycles. The molecule has 0 spiro atoms. The minimum absolute atomic E-state index is 0.180. The van der Waals surface area contributed by atoms with E-state index >= 15 is 0 Å². The quantitative estimate of drug-likeness (QED) is 0.872. The SMILES string of the molecule is CCOc1ccccc1NC(=O)N1CCC(S(=O)(=O)c2ccccc2)C1. The van der Waals surface area contributed by atoms with E-state index in [0.29, 0.717) is 35.9 Å². The Kier molecular flexibility index (Phi) is 5.46. The van der Waals surface area contributed by atoms with Crippen LogP contribution in [0.3, 0.4) is 0 Å². The van der Waals surface area contributed by atoms with E-state index in [9.17, 15) is 13.2 Å². The Balaban J connectivity index is 1.68. The number of rotatable bonds is 5. The van der Waals surface area contributed by atoms with E-state index in [1.165, 1.54) is 4.90 Å². The molecule has 0 radical (unpaired) electrons. The number of nitrogens with one attached hydrogen (secondary N) is 1. The van der Waals surface area contributed by atoms with E-state index in [-0.39, 0.29) is 12.6 Å². The van der Waals surface area contributed by atoms with Crippen molar-refractivity contribution in [2.24, 2.45) is 0 Å². The van der Waals surface area contributed by atoms with Crippen LogP contribution in [0, 0.1) is 0 Å². The first-order valence-corrected chi connectivity index (χ1v) is 10.1. The number of hydrogen-bond acceptors (Lipinski definition) is 4. The van der Waals surface area contributed by atoms with Crippen molar-refractivity contribution in [3.8, 4) is 5.75 Å². The number of carbonyl (C=O) groups excluding carboxylic acids is 1. The van der Waals surface area contributed by atoms with Crippen LogP contribution in [0.15, 0.2) is 59.5 Å². The highest BCUT2D eigenvalue weighted by Gasteiger charge is 2.36. The second kappa shape index (κ2) is 7.78. The molecule has 3 rings (SSSR count). The van der Waals surface area contributed by atoms with E-state index in [1.807, 2.05) is 19.1 Å². The fourth-order valence-corrected chi connectivity index (χ4v) is 4.73. The number of benzene rings is 2. The van der Waals surface area contributed by atoms with Gasteiger partial charge in [0.25, 0.3) is 0 Å². The highest BCUT2D eigenvalue weighted by Crippen LogP contribution is 2.27. The number of para-hydroxylation sites is 2. The number of anilines is 1. The van der Waals surface area contributed by atoms with E-state index in [0.717, 1.165) is 0 Å². The summed E-state index contributed by atoms with van der Waals surface area (Å²) >= 11 is 0. The van der Waals surface area contributed by atoms with Crippen LogP contribution in [-0.4, -0.2) is 44.3 Å². The number of urea groups is 1. The predicted molar refractivity (Wildman–Crippen MR) is 100 cm³/mol. The third kappa shape index (κ3) is 3.83. The van der Waals surface area contributed by atoms with Gasteiger partial charge in [0, 0.05) is 13.1 Å². The van der Waals surface area contributed by atoms with Gasteiger partial charge in [-0.2, -0.15) is 0 Å². The number of ether oxygens (including phenoxy) is 1. The molecule has 1 aliphatic heterocycles. The fraction of sp³-hybridized carbons (Fsp3) is 0.316. The zero-order valence-electron chi connectivity index (χ0n) is 14.6. The highest BCUT2D eigenvalue weighted by molar-refractivity contribution is 7.92. The van der Waals surface area contributed by atoms with Crippen LogP contribution in [0.5, 0.6) is 5.75 Å². The van der Waals surface area contributed by atoms with Gasteiger partial charge in [0.05, 0.1) is 22.4 Å². The summed E-state index contributed by atoms with van der Waals surface area (Å²) in [5.41, 5.74) is 0.578. The maximum atomic E-state index is 12.7. The van der Waals surface area contributed by atoms with Crippen molar-refractivity contribution in [2.45, 2.75) is 23.5 Å². The maximum Gasteiger partial charge on any atom is 0.321 e. The van der Waals surface area contributed by atoms with E-state index in [1.54, 1.807) is 42.5 Å². The van der Waals surface area contributed by atoms with Crippen LogP contribution in [0.25, 0.3) is 0 Å². The first kappa shape index (κ1) is 18.3. The number of amides is 2. The maximum absolute atomic E-state index is 12.7. The molecule has 1 unspecified atom stereocenters. The number of nitrogens with zero attached hydrogens (tertiary/aromatic N) is 1. The second-order valence-corrected chi connectivity index (χ2v) is 8.30. The van der Waals surface area contributed by atoms with Crippen LogP contribution >= 0.6 is 0 Å². The number of likely N-dealkylation sites (tertiary alicyclic amines) is 1. The molecule has 2 aromatic carbocycles. The van der Waals surface area contributed by atoms with Crippen LogP contribution < -0.4 is 10.1 Å². The van der Waals surface area contributed by atoms with Gasteiger partial charge in [-0.3, -0.25) is 0 Å². The fourth-order valence-electron chi connectivity index (χ4n) is 3.01. The van der Waals surface area contributed by atoms with Gasteiger partial charge in [-0.05, 0) is 37.6 Å². The second-order valence-electron chi connectivity index (χ2n) is 6.07. The zero-order chi connectivity index (χ0) is 18.6. The van der Waals surface area contributed by atoms with Crippen molar-refractivity contribution in [3.63, 3.8) is 0 Å². The van der Waals surface area contributed by atoms with E-state index in [4.69, 9.17) is 4.74 Å². The molecule has 1 atom stereocenters. The topological polar surface area (TPSA) is 75.7 Å². The van der Waals surface area contributed by atoms with Crippen molar-refractivity contribution < 1.29 is 17.9 Å². The molecule has 7 heteroatoms. The van der Waals surface area contributed by atoms with Gasteiger partial charge >= 0.3 is 6.03 Å². The Labute approximate surface area is 153 Å². The number of hydrogen-bond donors (Lipinski definition) is 1. The summed E-state index contributed by atoms with van der Waals surface area (Å²) in [7, 11) is -3.44. The summed E-state index contributed by atoms with van der Waals surface area (Å²) in [6.07, 6.45) is 0.428. The molecular formula is C19H22N2O4S. The Hall–Kier alpha value is -2.54. The summed E-state index contributed by atoms with van der Waals surface area (Å²) in [6.45, 7) is 2.95. The van der Waals surface area contributed by atoms with E-state index in [2.05, 4.69) is 5.32 Å². The highest BCUT2D eigenvalue weighted by atomic mass is 32.2. The molecule has 6 nitrogen and oxygen atoms in total. The molecule has 0 bridgehead atoms. The zero-order valence-corrected chi connectivity index (χ0v) is 15.4. The van der Waals surface area contributed by atoms with Crippen LogP contribution in [-0.2, 0) is 9.84 Å². The lowest BCUT2D eigenvalue weighted by Crippen LogP contribution is -2.35. The van der Waals surface area contributed by atoms with Gasteiger partial charge in [0.1, 0.15) is 5.75 Å². The van der Waals surface area contributed by atoms with Crippen LogP contribution in [0.4, 0.5) is 10.5 Å². The van der Waals surface area contributed by atoms with Gasteiger partial charge in [-0.1, -0.05) is 30.3 Å². The van der Waals surface area contributed by atoms with E-state index < -0.39 is 15.1 Å². The van der Waals surface area contributed by atoms with Crippen molar-refractivity contribution in [1.82, 2.24) is 4.90 Å². The van der Waals surface area contributed by atoms with Gasteiger partial charge in [-0.15, -0.1) is 0 Å². The molecule has 1 heterocycles. The van der Waals surface area contributed by atoms with Crippen molar-refractivity contribution >= 4 is 21.6 Å². The molecule has 2 amide bonds. The lowest BCUT2D eigenvalue weighted by Gasteiger charge is -2.19. The summed E-state index contributed by atoms with van der Waals surface area (Å²) in [6, 6.07) is 15.2. The summed E-state index contributed by atoms with van der Waals surface area (Å²) < 4.78 is 30.9. The molecule has 26 heavy (non-hydrogen) atoms. The normalized spacial score (nSPS) is 17.1. The minimum atomic E-state index is -3.44. The smallest absolute Gasteiger partial charge is 0.321 e. The molecule has 0 aromatic heterocycles. The first-order valence-electron chi connectivity index (χ1n) is 8.59. The molecule has 138 valence electrons. The molecule has 1 aliphatic rings. The average molecular weight is 374 g/mol. The Bertz CT molecular complexity index is 868. The van der Waals surface area contributed by atoms with Gasteiger partial charge < -0.3 is 15.0 Å². The number of sulfone groups is 1. The van der Waals surface area contributed by atoms with Crippen molar-refractivity contribution in [3.05, 3.63) is 54.6 Å². The summed E-state index contributed by atoms with van der Waals surface area (Å²) in [4.78, 5) is 14.4. The molecule has 0 saturated carbocycles. The summed E-state index contributed by atoms with van der Waals surface area (Å²) in [5.74, 6) is 0.594. The largest absolute Gasteiger partial charge is 0.492 e. The summed E-state index contributed by atoms with van der Waals surface area (Å²) in [5, 5.41) is 2.23. The Morgan fingerprint density at radius 3 is 2.58 bits per heavy atom. The molecular weight excluding hydrogens is 352 g/mol. The lowest BCUT2D eigenvalue weighted by atomic mass is 10.3. The standard InChI is InChI=1S/C19H22N2O4S/c1-2-25-18-11-7-6-10-17(18)20-19(22)21-13-12-16(14-21)26(23,24)15-8-4-3-5-9-15/h3-11,16H,2,12-14H2,1H3,(H,20,22). The third-order valence-electron chi connectivity index (χ3n) is 4.37. The third-order valence-corrected chi connectivity index (χ3v) is 6.56. The van der Waals surface area contributed by atoms with Crippen LogP contribution in [0.1, 0.15) is 13.3 Å². The van der Waals surface area contributed by atoms with Crippen molar-refractivity contribution in [1.29, 1.82) is 0 Å². The van der Waals surface area contributed by atoms with Gasteiger partial charge in [0.15, 0.2) is 9.84 Å². The Morgan fingerprint density at radius 1 is 1.15 bits per heavy atom. The molecule has 0 aliphatic carbocycles. The monoisotopic (exact) mass is 374 g/mol. The van der Waals surface area contributed by atoms with Crippen molar-refractivity contribution in [2.75, 3.05) is 25.0 Å². The molecule has 1 fully saturated rings. The number of carbonyl (C=O) groups is 1. The minimum Gasteiger partial charge on any atom is -0.492 e. The van der Waals surface area contributed by atoms with Crippen LogP contribution in [0.2, 0.25) is 0 Å². The predicted octanol–water partition coefficient (Wildman–Crippen LogP) is 3.17. The first-order chi connectivity index (χ1) is 12.5.